The van der Waals surface area contributed by atoms with E-state index in [0.29, 0.717) is 52.4 Å². The number of nitrogens with two attached hydrogens (primary N) is 1. The molecule has 1 aromatic carbocycles. The van der Waals surface area contributed by atoms with Crippen LogP contribution < -0.4 is 5.73 Å². The Hall–Kier alpha value is -5.00. The number of nitrogens with one attached hydrogen (secondary N) is 1. The number of rotatable bonds is 5. The summed E-state index contributed by atoms with van der Waals surface area (Å²) >= 11 is 0. The van der Waals surface area contributed by atoms with Gasteiger partial charge >= 0.3 is 0 Å². The quantitative estimate of drug-likeness (QED) is 0.299. The van der Waals surface area contributed by atoms with Crippen LogP contribution in [-0.4, -0.2) is 63.4 Å². The van der Waals surface area contributed by atoms with Gasteiger partial charge in [-0.05, 0) is 57.7 Å². The van der Waals surface area contributed by atoms with Gasteiger partial charge in [0.2, 0.25) is 5.82 Å². The molecule has 0 spiro atoms. The fourth-order valence-corrected chi connectivity index (χ4v) is 6.57. The van der Waals surface area contributed by atoms with Gasteiger partial charge in [-0.25, -0.2) is 9.37 Å². The first-order valence-electron chi connectivity index (χ1n) is 13.9. The van der Waals surface area contributed by atoms with Crippen LogP contribution in [0.25, 0.3) is 28.0 Å². The molecule has 12 heteroatoms. The minimum absolute atomic E-state index is 0.00905. The summed E-state index contributed by atoms with van der Waals surface area (Å²) in [5, 5.41) is 12.4. The van der Waals surface area contributed by atoms with E-state index in [4.69, 9.17) is 10.7 Å². The van der Waals surface area contributed by atoms with Crippen LogP contribution in [0.5, 0.6) is 0 Å². The van der Waals surface area contributed by atoms with Crippen molar-refractivity contribution in [1.29, 1.82) is 0 Å². The summed E-state index contributed by atoms with van der Waals surface area (Å²) < 4.78 is 15.8. The predicted molar refractivity (Wildman–Crippen MR) is 152 cm³/mol. The van der Waals surface area contributed by atoms with Crippen LogP contribution in [0, 0.1) is 12.7 Å². The topological polar surface area (TPSA) is 148 Å². The average Bonchev–Trinajstić information content (AvgIpc) is 3.68. The molecule has 2 fully saturated rings. The Kier molecular flexibility index (Phi) is 6.07. The summed E-state index contributed by atoms with van der Waals surface area (Å²) in [5.74, 6) is 0.310. The van der Waals surface area contributed by atoms with E-state index in [1.165, 1.54) is 17.5 Å². The molecule has 6 heterocycles. The second-order valence-electron chi connectivity index (χ2n) is 11.0. The van der Waals surface area contributed by atoms with Crippen molar-refractivity contribution in [2.45, 2.75) is 57.5 Å². The van der Waals surface area contributed by atoms with Gasteiger partial charge in [-0.3, -0.25) is 14.6 Å². The highest BCUT2D eigenvalue weighted by Gasteiger charge is 2.46. The molecule has 5 aromatic rings. The number of Topliss-reactive ketones (excluding diaryl/α,β-unsaturated/α-hetero) is 1. The zero-order valence-corrected chi connectivity index (χ0v) is 23.1. The number of anilines is 1. The molecule has 2 aliphatic heterocycles. The molecule has 2 aliphatic rings. The summed E-state index contributed by atoms with van der Waals surface area (Å²) in [6, 6.07) is 10.1. The third kappa shape index (κ3) is 4.13. The number of amides is 1. The highest BCUT2D eigenvalue weighted by atomic mass is 19.1. The predicted octanol–water partition coefficient (Wildman–Crippen LogP) is 4.36. The van der Waals surface area contributed by atoms with E-state index >= 15 is 0 Å². The molecule has 0 radical (unpaired) electrons. The number of ketones is 1. The van der Waals surface area contributed by atoms with E-state index in [-0.39, 0.29) is 47.2 Å². The number of H-pyrrole nitrogens is 1. The standard InChI is InChI=1S/C30H28FN9O2/c1-15(41)25-26(18-11-19-8-9-20(12-18)39(19)30(42)28-35-16(2)37-38-28)36-29-22(14-34-40(29)27(25)32)17-7-10-24(33-13-17)21-5-3-4-6-23(21)31/h3-7,10,13-14,18-20H,8-9,11-12,32H2,1-2H3,(H,35,37,38)/t18-,19+,20-. The number of halogens is 1. The van der Waals surface area contributed by atoms with Crippen molar-refractivity contribution in [3.63, 3.8) is 0 Å². The molecule has 7 rings (SSSR count). The van der Waals surface area contributed by atoms with Crippen molar-refractivity contribution < 1.29 is 14.0 Å². The lowest BCUT2D eigenvalue weighted by Crippen LogP contribution is -2.46. The second kappa shape index (κ2) is 9.82. The van der Waals surface area contributed by atoms with Crippen molar-refractivity contribution >= 4 is 23.2 Å². The maximum absolute atomic E-state index is 14.3. The van der Waals surface area contributed by atoms with Crippen LogP contribution in [0.15, 0.2) is 48.8 Å². The van der Waals surface area contributed by atoms with E-state index in [9.17, 15) is 14.0 Å². The molecule has 0 saturated carbocycles. The van der Waals surface area contributed by atoms with Gasteiger partial charge in [0.15, 0.2) is 11.4 Å². The maximum atomic E-state index is 14.3. The number of hydrogen-bond donors (Lipinski definition) is 2. The third-order valence-corrected chi connectivity index (χ3v) is 8.44. The number of aromatic nitrogens is 7. The second-order valence-corrected chi connectivity index (χ2v) is 11.0. The van der Waals surface area contributed by atoms with Crippen LogP contribution in [0.4, 0.5) is 10.2 Å². The number of aryl methyl sites for hydroxylation is 1. The van der Waals surface area contributed by atoms with E-state index in [0.717, 1.165) is 18.4 Å². The molecular formula is C30H28FN9O2. The Morgan fingerprint density at radius 2 is 1.79 bits per heavy atom. The van der Waals surface area contributed by atoms with Crippen LogP contribution in [0.3, 0.4) is 0 Å². The van der Waals surface area contributed by atoms with Gasteiger partial charge in [-0.2, -0.15) is 9.61 Å². The lowest BCUT2D eigenvalue weighted by atomic mass is 9.85. The van der Waals surface area contributed by atoms with Crippen molar-refractivity contribution in [2.24, 2.45) is 0 Å². The van der Waals surface area contributed by atoms with Gasteiger partial charge in [0.1, 0.15) is 17.5 Å². The number of carbonyl (C=O) groups is 2. The molecule has 4 aromatic heterocycles. The molecule has 0 unspecified atom stereocenters. The lowest BCUT2D eigenvalue weighted by molar-refractivity contribution is 0.0556. The Bertz CT molecular complexity index is 1850. The Balaban J connectivity index is 1.25. The SMILES string of the molecule is CC(=O)c1c([C@H]2C[C@H]3CC[C@@H](C2)N3C(=O)c2nnc(C)[nH]2)nc2c(-c3ccc(-c4ccccc4F)nc3)cnn2c1N. The monoisotopic (exact) mass is 565 g/mol. The molecular weight excluding hydrogens is 537 g/mol. The number of carbonyl (C=O) groups excluding carboxylic acids is 2. The Morgan fingerprint density at radius 1 is 1.02 bits per heavy atom. The van der Waals surface area contributed by atoms with Gasteiger partial charge in [0.05, 0.1) is 23.1 Å². The van der Waals surface area contributed by atoms with E-state index in [2.05, 4.69) is 25.3 Å². The number of nitrogen functional groups attached to an aromatic ring is 1. The average molecular weight is 566 g/mol. The van der Waals surface area contributed by atoms with Gasteiger partial charge in [-0.15, -0.1) is 10.2 Å². The van der Waals surface area contributed by atoms with Gasteiger partial charge in [0.25, 0.3) is 5.91 Å². The zero-order valence-electron chi connectivity index (χ0n) is 23.1. The van der Waals surface area contributed by atoms with E-state index in [1.54, 1.807) is 43.6 Å². The van der Waals surface area contributed by atoms with Crippen molar-refractivity contribution in [3.05, 3.63) is 77.5 Å². The number of piperidine rings is 1. The summed E-state index contributed by atoms with van der Waals surface area (Å²) in [7, 11) is 0. The maximum Gasteiger partial charge on any atom is 0.292 e. The van der Waals surface area contributed by atoms with E-state index < -0.39 is 0 Å². The largest absolute Gasteiger partial charge is 0.383 e. The third-order valence-electron chi connectivity index (χ3n) is 8.44. The number of fused-ring (bicyclic) bond motifs is 3. The molecule has 3 N–H and O–H groups in total. The number of nitrogens with zero attached hydrogens (tertiary/aromatic N) is 7. The smallest absolute Gasteiger partial charge is 0.292 e. The molecule has 0 aliphatic carbocycles. The number of aromatic amines is 1. The first-order valence-corrected chi connectivity index (χ1v) is 13.9. The number of pyridine rings is 1. The first-order chi connectivity index (χ1) is 20.3. The van der Waals surface area contributed by atoms with Crippen LogP contribution in [0.2, 0.25) is 0 Å². The van der Waals surface area contributed by atoms with Gasteiger partial charge in [0, 0.05) is 40.9 Å². The molecule has 2 saturated heterocycles. The molecule has 2 bridgehead atoms. The fraction of sp³-hybridized carbons (Fsp3) is 0.300. The zero-order chi connectivity index (χ0) is 29.1. The van der Waals surface area contributed by atoms with Crippen LogP contribution in [0.1, 0.15) is 71.0 Å². The van der Waals surface area contributed by atoms with Gasteiger partial charge < -0.3 is 15.6 Å². The highest BCUT2D eigenvalue weighted by Crippen LogP contribution is 2.45. The minimum Gasteiger partial charge on any atom is -0.383 e. The fourth-order valence-electron chi connectivity index (χ4n) is 6.57. The summed E-state index contributed by atoms with van der Waals surface area (Å²) in [4.78, 5) is 40.6. The Labute approximate surface area is 240 Å². The van der Waals surface area contributed by atoms with Crippen molar-refractivity contribution in [3.8, 4) is 22.4 Å². The van der Waals surface area contributed by atoms with Crippen LogP contribution >= 0.6 is 0 Å². The first kappa shape index (κ1) is 25.9. The summed E-state index contributed by atoms with van der Waals surface area (Å²) in [6.07, 6.45) is 6.35. The molecule has 3 atom stereocenters. The molecule has 11 nitrogen and oxygen atoms in total. The normalized spacial score (nSPS) is 19.9. The highest BCUT2D eigenvalue weighted by molar-refractivity contribution is 6.00. The number of benzene rings is 1. The molecule has 1 amide bonds. The van der Waals surface area contributed by atoms with Crippen LogP contribution in [-0.2, 0) is 0 Å². The lowest BCUT2D eigenvalue weighted by Gasteiger charge is -2.38. The van der Waals surface area contributed by atoms with E-state index in [1.807, 2.05) is 11.0 Å². The summed E-state index contributed by atoms with van der Waals surface area (Å²) in [5.41, 5.74) is 10.4. The minimum atomic E-state index is -0.345. The summed E-state index contributed by atoms with van der Waals surface area (Å²) in [6.45, 7) is 3.25. The van der Waals surface area contributed by atoms with Crippen molar-refractivity contribution in [1.82, 2.24) is 39.7 Å². The van der Waals surface area contributed by atoms with Crippen molar-refractivity contribution in [2.75, 3.05) is 5.73 Å². The Morgan fingerprint density at radius 3 is 2.43 bits per heavy atom. The molecule has 42 heavy (non-hydrogen) atoms. The number of hydrogen-bond acceptors (Lipinski definition) is 8. The molecule has 212 valence electrons. The van der Waals surface area contributed by atoms with Gasteiger partial charge in [-0.1, -0.05) is 18.2 Å².